The third kappa shape index (κ3) is 2.10. The maximum absolute atomic E-state index is 3.89. The number of benzene rings is 1. The van der Waals surface area contributed by atoms with Crippen molar-refractivity contribution in [3.63, 3.8) is 0 Å². The molecule has 0 aromatic heterocycles. The Labute approximate surface area is 82.3 Å². The standard InChI is InChI=1S/C12H18Si/c1-5-11(2)13(3,4)12-9-7-6-8-10-12/h5-11H,1H2,2-4H3/t11-/m0/s1. The van der Waals surface area contributed by atoms with Gasteiger partial charge in [-0.2, -0.15) is 0 Å². The lowest BCUT2D eigenvalue weighted by atomic mass is 10.4. The third-order valence-corrected chi connectivity index (χ3v) is 7.34. The Kier molecular flexibility index (Phi) is 3.10. The van der Waals surface area contributed by atoms with Crippen molar-refractivity contribution in [2.45, 2.75) is 25.6 Å². The van der Waals surface area contributed by atoms with E-state index in [-0.39, 0.29) is 0 Å². The summed E-state index contributed by atoms with van der Waals surface area (Å²) in [4.78, 5) is 0. The molecular formula is C12H18Si. The molecular weight excluding hydrogens is 172 g/mol. The van der Waals surface area contributed by atoms with Gasteiger partial charge in [-0.25, -0.2) is 0 Å². The van der Waals surface area contributed by atoms with Crippen LogP contribution in [0.1, 0.15) is 6.92 Å². The smallest absolute Gasteiger partial charge is 0.0870 e. The van der Waals surface area contributed by atoms with Crippen molar-refractivity contribution in [2.24, 2.45) is 0 Å². The van der Waals surface area contributed by atoms with Gasteiger partial charge >= 0.3 is 0 Å². The number of allylic oxidation sites excluding steroid dienone is 1. The van der Waals surface area contributed by atoms with Gasteiger partial charge in [0.15, 0.2) is 0 Å². The first-order valence-corrected chi connectivity index (χ1v) is 7.85. The van der Waals surface area contributed by atoms with Gasteiger partial charge in [0, 0.05) is 0 Å². The minimum absolute atomic E-state index is 0.634. The van der Waals surface area contributed by atoms with Gasteiger partial charge in [0.25, 0.3) is 0 Å². The van der Waals surface area contributed by atoms with Crippen molar-refractivity contribution < 1.29 is 0 Å². The van der Waals surface area contributed by atoms with Gasteiger partial charge in [0.05, 0.1) is 8.07 Å². The molecule has 0 saturated heterocycles. The highest BCUT2D eigenvalue weighted by molar-refractivity contribution is 6.91. The normalized spacial score (nSPS) is 13.8. The van der Waals surface area contributed by atoms with Gasteiger partial charge in [-0.1, -0.05) is 61.6 Å². The molecule has 0 radical (unpaired) electrons. The molecule has 1 aromatic rings. The molecule has 0 spiro atoms. The highest BCUT2D eigenvalue weighted by Gasteiger charge is 2.27. The average molecular weight is 190 g/mol. The second-order valence-corrected chi connectivity index (χ2v) is 9.04. The zero-order valence-corrected chi connectivity index (χ0v) is 9.75. The van der Waals surface area contributed by atoms with Crippen LogP contribution in [0.3, 0.4) is 0 Å². The Hall–Kier alpha value is -0.823. The van der Waals surface area contributed by atoms with E-state index in [4.69, 9.17) is 0 Å². The molecule has 0 amide bonds. The second kappa shape index (κ2) is 3.92. The topological polar surface area (TPSA) is 0 Å². The Morgan fingerprint density at radius 2 is 1.77 bits per heavy atom. The van der Waals surface area contributed by atoms with E-state index in [1.54, 1.807) is 0 Å². The molecule has 13 heavy (non-hydrogen) atoms. The zero-order chi connectivity index (χ0) is 9.90. The van der Waals surface area contributed by atoms with Gasteiger partial charge < -0.3 is 0 Å². The lowest BCUT2D eigenvalue weighted by Gasteiger charge is -2.27. The molecule has 1 rings (SSSR count). The molecule has 0 fully saturated rings. The molecule has 1 atom stereocenters. The molecule has 0 heterocycles. The number of hydrogen-bond donors (Lipinski definition) is 0. The van der Waals surface area contributed by atoms with Crippen molar-refractivity contribution in [1.82, 2.24) is 0 Å². The summed E-state index contributed by atoms with van der Waals surface area (Å²) in [5.41, 5.74) is 0.634. The first-order chi connectivity index (χ1) is 6.09. The molecule has 0 N–H and O–H groups in total. The summed E-state index contributed by atoms with van der Waals surface area (Å²) >= 11 is 0. The van der Waals surface area contributed by atoms with Crippen LogP contribution in [0.15, 0.2) is 43.0 Å². The fraction of sp³-hybridized carbons (Fsp3) is 0.333. The Bertz CT molecular complexity index is 274. The van der Waals surface area contributed by atoms with Crippen LogP contribution in [0.5, 0.6) is 0 Å². The lowest BCUT2D eigenvalue weighted by Crippen LogP contribution is -2.44. The minimum atomic E-state index is -1.30. The number of hydrogen-bond acceptors (Lipinski definition) is 0. The highest BCUT2D eigenvalue weighted by Crippen LogP contribution is 2.21. The molecule has 0 nitrogen and oxygen atoms in total. The summed E-state index contributed by atoms with van der Waals surface area (Å²) in [7, 11) is -1.30. The molecule has 0 aliphatic carbocycles. The van der Waals surface area contributed by atoms with E-state index >= 15 is 0 Å². The Morgan fingerprint density at radius 1 is 1.23 bits per heavy atom. The maximum Gasteiger partial charge on any atom is 0.0870 e. The highest BCUT2D eigenvalue weighted by atomic mass is 28.3. The molecule has 70 valence electrons. The van der Waals surface area contributed by atoms with Crippen LogP contribution in [0.2, 0.25) is 18.6 Å². The van der Waals surface area contributed by atoms with Crippen LogP contribution in [0.4, 0.5) is 0 Å². The van der Waals surface area contributed by atoms with Crippen LogP contribution in [-0.2, 0) is 0 Å². The van der Waals surface area contributed by atoms with E-state index in [9.17, 15) is 0 Å². The molecule has 0 bridgehead atoms. The fourth-order valence-electron chi connectivity index (χ4n) is 1.43. The third-order valence-electron chi connectivity index (χ3n) is 3.01. The van der Waals surface area contributed by atoms with Gasteiger partial charge in [0.1, 0.15) is 0 Å². The van der Waals surface area contributed by atoms with Crippen LogP contribution < -0.4 is 5.19 Å². The van der Waals surface area contributed by atoms with E-state index in [0.717, 1.165) is 0 Å². The van der Waals surface area contributed by atoms with Gasteiger partial charge in [-0.3, -0.25) is 0 Å². The summed E-state index contributed by atoms with van der Waals surface area (Å²) in [6, 6.07) is 10.8. The largest absolute Gasteiger partial charge is 0.103 e. The summed E-state index contributed by atoms with van der Waals surface area (Å²) in [6.07, 6.45) is 2.08. The molecule has 0 aliphatic heterocycles. The van der Waals surface area contributed by atoms with Crippen molar-refractivity contribution in [3.05, 3.63) is 43.0 Å². The maximum atomic E-state index is 3.89. The van der Waals surface area contributed by atoms with E-state index in [1.165, 1.54) is 5.19 Å². The van der Waals surface area contributed by atoms with Crippen molar-refractivity contribution in [1.29, 1.82) is 0 Å². The predicted octanol–water partition coefficient (Wildman–Crippen LogP) is 3.18. The first-order valence-electron chi connectivity index (χ1n) is 4.77. The average Bonchev–Trinajstić information content (AvgIpc) is 2.18. The second-order valence-electron chi connectivity index (χ2n) is 4.11. The summed E-state index contributed by atoms with van der Waals surface area (Å²) in [5.74, 6) is 0. The number of rotatable bonds is 3. The van der Waals surface area contributed by atoms with Gasteiger partial charge in [-0.05, 0) is 5.54 Å². The van der Waals surface area contributed by atoms with Gasteiger partial charge in [0.2, 0.25) is 0 Å². The van der Waals surface area contributed by atoms with Crippen LogP contribution in [-0.4, -0.2) is 8.07 Å². The van der Waals surface area contributed by atoms with E-state index in [1.807, 2.05) is 0 Å². The minimum Gasteiger partial charge on any atom is -0.103 e. The zero-order valence-electron chi connectivity index (χ0n) is 8.75. The molecule has 0 aliphatic rings. The van der Waals surface area contributed by atoms with E-state index in [0.29, 0.717) is 5.54 Å². The van der Waals surface area contributed by atoms with Crippen LogP contribution in [0.25, 0.3) is 0 Å². The van der Waals surface area contributed by atoms with E-state index in [2.05, 4.69) is 63.0 Å². The van der Waals surface area contributed by atoms with Gasteiger partial charge in [-0.15, -0.1) is 6.58 Å². The van der Waals surface area contributed by atoms with Crippen molar-refractivity contribution >= 4 is 13.3 Å². The fourth-order valence-corrected chi connectivity index (χ4v) is 3.59. The Morgan fingerprint density at radius 3 is 2.23 bits per heavy atom. The lowest BCUT2D eigenvalue weighted by molar-refractivity contribution is 1.14. The first kappa shape index (κ1) is 10.3. The molecule has 0 unspecified atom stereocenters. The molecule has 1 aromatic carbocycles. The van der Waals surface area contributed by atoms with E-state index < -0.39 is 8.07 Å². The summed E-state index contributed by atoms with van der Waals surface area (Å²) in [6.45, 7) is 11.0. The Balaban J connectivity index is 3.00. The van der Waals surface area contributed by atoms with Crippen molar-refractivity contribution in [3.8, 4) is 0 Å². The summed E-state index contributed by atoms with van der Waals surface area (Å²) in [5, 5.41) is 1.52. The van der Waals surface area contributed by atoms with Crippen LogP contribution >= 0.6 is 0 Å². The van der Waals surface area contributed by atoms with Crippen molar-refractivity contribution in [2.75, 3.05) is 0 Å². The SMILES string of the molecule is C=C[C@H](C)[Si](C)(C)c1ccccc1. The monoisotopic (exact) mass is 190 g/mol. The summed E-state index contributed by atoms with van der Waals surface area (Å²) < 4.78 is 0. The molecule has 0 saturated carbocycles. The predicted molar refractivity (Wildman–Crippen MR) is 63.2 cm³/mol. The quantitative estimate of drug-likeness (QED) is 0.507. The van der Waals surface area contributed by atoms with Crippen LogP contribution in [0, 0.1) is 0 Å². The molecule has 1 heteroatoms.